The number of carbonyl (C=O) groups excluding carboxylic acids is 1. The van der Waals surface area contributed by atoms with Crippen LogP contribution in [0.1, 0.15) is 65.2 Å². The van der Waals surface area contributed by atoms with Gasteiger partial charge >= 0.3 is 0 Å². The lowest BCUT2D eigenvalue weighted by Crippen LogP contribution is -2.34. The Bertz CT molecular complexity index is 266. The van der Waals surface area contributed by atoms with E-state index in [2.05, 4.69) is 6.92 Å². The normalized spacial score (nSPS) is 18.8. The van der Waals surface area contributed by atoms with Crippen LogP contribution in [0.15, 0.2) is 12.3 Å². The Morgan fingerprint density at radius 1 is 1.17 bits per heavy atom. The lowest BCUT2D eigenvalue weighted by atomic mass is 10.1. The van der Waals surface area contributed by atoms with Crippen LogP contribution in [0.25, 0.3) is 0 Å². The lowest BCUT2D eigenvalue weighted by molar-refractivity contribution is -0.339. The maximum Gasteiger partial charge on any atom is 0.281 e. The second kappa shape index (κ2) is 8.97. The quantitative estimate of drug-likeness (QED) is 0.620. The van der Waals surface area contributed by atoms with Gasteiger partial charge in [0.25, 0.3) is 5.91 Å². The largest absolute Gasteiger partial charge is 0.359 e. The van der Waals surface area contributed by atoms with E-state index in [1.165, 1.54) is 51.7 Å². The van der Waals surface area contributed by atoms with Crippen LogP contribution in [-0.4, -0.2) is 17.2 Å². The second-order valence-electron chi connectivity index (χ2n) is 4.76. The molecule has 0 aromatic carbocycles. The molecule has 4 nitrogen and oxygen atoms in total. The maximum atomic E-state index is 11.1. The van der Waals surface area contributed by atoms with E-state index in [9.17, 15) is 4.79 Å². The summed E-state index contributed by atoms with van der Waals surface area (Å²) < 4.78 is 0. The first kappa shape index (κ1) is 15.0. The monoisotopic (exact) mass is 255 g/mol. The summed E-state index contributed by atoms with van der Waals surface area (Å²) in [6.45, 7) is 3.65. The van der Waals surface area contributed by atoms with Gasteiger partial charge in [-0.2, -0.15) is 0 Å². The average Bonchev–Trinajstić information content (AvgIpc) is 2.38. The third kappa shape index (κ3) is 6.05. The molecule has 0 aromatic rings. The topological polar surface area (TPSA) is 38.8 Å². The number of carbonyl (C=O) groups is 1. The van der Waals surface area contributed by atoms with Crippen molar-refractivity contribution in [1.82, 2.24) is 5.23 Å². The molecular weight excluding hydrogens is 230 g/mol. The van der Waals surface area contributed by atoms with Crippen LogP contribution >= 0.6 is 0 Å². The minimum atomic E-state index is -0.232. The van der Waals surface area contributed by atoms with Gasteiger partial charge in [0.15, 0.2) is 0 Å². The van der Waals surface area contributed by atoms with Crippen LogP contribution in [0, 0.1) is 0 Å². The van der Waals surface area contributed by atoms with Gasteiger partial charge in [-0.05, 0) is 17.7 Å². The van der Waals surface area contributed by atoms with Crippen LogP contribution in [-0.2, 0) is 14.5 Å². The van der Waals surface area contributed by atoms with E-state index < -0.39 is 0 Å². The molecule has 0 fully saturated rings. The molecule has 0 bridgehead atoms. The van der Waals surface area contributed by atoms with Crippen molar-refractivity contribution in [3.8, 4) is 0 Å². The van der Waals surface area contributed by atoms with Crippen LogP contribution in [0.5, 0.6) is 0 Å². The fourth-order valence-corrected chi connectivity index (χ4v) is 1.96. The SMILES string of the molecule is CCCCCCCCCC1C=CON(C(C)=O)O1. The number of hydrogen-bond donors (Lipinski definition) is 0. The third-order valence-electron chi connectivity index (χ3n) is 3.03. The minimum Gasteiger partial charge on any atom is -0.359 e. The number of hydrogen-bond acceptors (Lipinski definition) is 3. The van der Waals surface area contributed by atoms with Crippen LogP contribution in [0.4, 0.5) is 0 Å². The van der Waals surface area contributed by atoms with Crippen molar-refractivity contribution in [2.75, 3.05) is 0 Å². The average molecular weight is 255 g/mol. The predicted molar refractivity (Wildman–Crippen MR) is 70.2 cm³/mol. The van der Waals surface area contributed by atoms with E-state index in [1.54, 1.807) is 0 Å². The molecule has 0 aliphatic carbocycles. The Morgan fingerprint density at radius 2 is 1.83 bits per heavy atom. The Morgan fingerprint density at radius 3 is 2.50 bits per heavy atom. The second-order valence-corrected chi connectivity index (χ2v) is 4.76. The van der Waals surface area contributed by atoms with Gasteiger partial charge in [0.05, 0.1) is 0 Å². The molecule has 0 radical (unpaired) electrons. The standard InChI is InChI=1S/C14H25NO3/c1-3-4-5-6-7-8-9-10-14-11-12-17-15(18-14)13(2)16/h11-12,14H,3-10H2,1-2H3. The smallest absolute Gasteiger partial charge is 0.281 e. The summed E-state index contributed by atoms with van der Waals surface area (Å²) in [5.41, 5.74) is 0. The van der Waals surface area contributed by atoms with Crippen LogP contribution in [0.2, 0.25) is 0 Å². The highest BCUT2D eigenvalue weighted by Gasteiger charge is 2.19. The van der Waals surface area contributed by atoms with Crippen molar-refractivity contribution >= 4 is 5.91 Å². The van der Waals surface area contributed by atoms with Gasteiger partial charge in [-0.1, -0.05) is 51.9 Å². The van der Waals surface area contributed by atoms with Crippen molar-refractivity contribution in [3.63, 3.8) is 0 Å². The van der Waals surface area contributed by atoms with Gasteiger partial charge in [0.2, 0.25) is 0 Å². The molecule has 1 heterocycles. The van der Waals surface area contributed by atoms with Gasteiger partial charge in [-0.25, -0.2) is 4.84 Å². The zero-order valence-electron chi connectivity index (χ0n) is 11.6. The summed E-state index contributed by atoms with van der Waals surface area (Å²) in [7, 11) is 0. The molecule has 4 heteroatoms. The molecule has 104 valence electrons. The fraction of sp³-hybridized carbons (Fsp3) is 0.786. The van der Waals surface area contributed by atoms with Gasteiger partial charge in [0.1, 0.15) is 12.4 Å². The molecule has 1 rings (SSSR count). The highest BCUT2D eigenvalue weighted by atomic mass is 17.0. The van der Waals surface area contributed by atoms with E-state index in [0.29, 0.717) is 0 Å². The number of unbranched alkanes of at least 4 members (excludes halogenated alkanes) is 6. The molecule has 1 amide bonds. The molecular formula is C14H25NO3. The van der Waals surface area contributed by atoms with Crippen molar-refractivity contribution in [1.29, 1.82) is 0 Å². The Kier molecular flexibility index (Phi) is 7.49. The lowest BCUT2D eigenvalue weighted by Gasteiger charge is -2.25. The zero-order chi connectivity index (χ0) is 13.2. The van der Waals surface area contributed by atoms with Gasteiger partial charge in [-0.15, -0.1) is 0 Å². The Labute approximate surface area is 110 Å². The van der Waals surface area contributed by atoms with Crippen molar-refractivity contribution in [2.45, 2.75) is 71.3 Å². The van der Waals surface area contributed by atoms with Gasteiger partial charge < -0.3 is 4.84 Å². The molecule has 0 saturated heterocycles. The van der Waals surface area contributed by atoms with E-state index in [1.807, 2.05) is 6.08 Å². The zero-order valence-corrected chi connectivity index (χ0v) is 11.6. The molecule has 1 aliphatic heterocycles. The maximum absolute atomic E-state index is 11.1. The molecule has 18 heavy (non-hydrogen) atoms. The van der Waals surface area contributed by atoms with Crippen molar-refractivity contribution in [2.24, 2.45) is 0 Å². The molecule has 0 N–H and O–H groups in total. The summed E-state index contributed by atoms with van der Waals surface area (Å²) >= 11 is 0. The molecule has 0 spiro atoms. The summed E-state index contributed by atoms with van der Waals surface area (Å²) in [6.07, 6.45) is 13.3. The summed E-state index contributed by atoms with van der Waals surface area (Å²) in [6, 6.07) is 0. The Hall–Kier alpha value is -1.03. The fourth-order valence-electron chi connectivity index (χ4n) is 1.96. The van der Waals surface area contributed by atoms with E-state index in [-0.39, 0.29) is 12.0 Å². The number of amides is 1. The van der Waals surface area contributed by atoms with E-state index >= 15 is 0 Å². The number of nitrogens with zero attached hydrogens (tertiary/aromatic N) is 1. The summed E-state index contributed by atoms with van der Waals surface area (Å²) in [5.74, 6) is -0.232. The summed E-state index contributed by atoms with van der Waals surface area (Å²) in [5, 5.41) is 0.950. The highest BCUT2D eigenvalue weighted by molar-refractivity contribution is 5.70. The van der Waals surface area contributed by atoms with Crippen molar-refractivity contribution < 1.29 is 14.5 Å². The predicted octanol–water partition coefficient (Wildman–Crippen LogP) is 3.73. The van der Waals surface area contributed by atoms with Crippen molar-refractivity contribution in [3.05, 3.63) is 12.3 Å². The summed E-state index contributed by atoms with van der Waals surface area (Å²) in [4.78, 5) is 21.4. The highest BCUT2D eigenvalue weighted by Crippen LogP contribution is 2.16. The molecule has 0 saturated carbocycles. The number of hydroxylamine groups is 2. The first-order valence-corrected chi connectivity index (χ1v) is 7.05. The van der Waals surface area contributed by atoms with E-state index in [4.69, 9.17) is 9.68 Å². The molecule has 1 aliphatic rings. The first-order valence-electron chi connectivity index (χ1n) is 7.05. The Balaban J connectivity index is 2.03. The number of rotatable bonds is 8. The minimum absolute atomic E-state index is 0.0294. The van der Waals surface area contributed by atoms with Crippen LogP contribution in [0.3, 0.4) is 0 Å². The molecule has 1 unspecified atom stereocenters. The van der Waals surface area contributed by atoms with Gasteiger partial charge in [-0.3, -0.25) is 4.79 Å². The van der Waals surface area contributed by atoms with E-state index in [0.717, 1.165) is 18.1 Å². The van der Waals surface area contributed by atoms with Crippen LogP contribution < -0.4 is 0 Å². The molecule has 1 atom stereocenters. The molecule has 0 aromatic heterocycles. The van der Waals surface area contributed by atoms with Gasteiger partial charge in [0, 0.05) is 6.92 Å². The first-order chi connectivity index (χ1) is 8.74. The third-order valence-corrected chi connectivity index (χ3v) is 3.03.